The fourth-order valence-corrected chi connectivity index (χ4v) is 2.98. The first-order valence-electron chi connectivity index (χ1n) is 8.86. The van der Waals surface area contributed by atoms with Crippen LogP contribution in [0.1, 0.15) is 25.8 Å². The van der Waals surface area contributed by atoms with Gasteiger partial charge in [0.25, 0.3) is 5.69 Å². The first-order valence-corrected chi connectivity index (χ1v) is 8.86. The van der Waals surface area contributed by atoms with E-state index in [1.807, 2.05) is 6.92 Å². The van der Waals surface area contributed by atoms with Gasteiger partial charge in [0, 0.05) is 31.5 Å². The zero-order valence-electron chi connectivity index (χ0n) is 15.7. The van der Waals surface area contributed by atoms with Gasteiger partial charge in [0.2, 0.25) is 5.91 Å². The minimum Gasteiger partial charge on any atom is -0.466 e. The molecular formula is C18H23N3O7. The Labute approximate surface area is 161 Å². The van der Waals surface area contributed by atoms with Gasteiger partial charge in [0.1, 0.15) is 6.61 Å². The van der Waals surface area contributed by atoms with E-state index in [1.54, 1.807) is 6.07 Å². The molecule has 152 valence electrons. The fraction of sp³-hybridized carbons (Fsp3) is 0.500. The third kappa shape index (κ3) is 5.66. The number of hydrogen-bond acceptors (Lipinski definition) is 7. The number of ether oxygens (including phenoxy) is 2. The molecule has 0 aliphatic carbocycles. The minimum atomic E-state index is -0.720. The number of carbonyl (C=O) groups is 3. The molecule has 0 radical (unpaired) electrons. The van der Waals surface area contributed by atoms with Crippen molar-refractivity contribution in [1.29, 1.82) is 0 Å². The van der Waals surface area contributed by atoms with E-state index in [2.05, 4.69) is 10.6 Å². The monoisotopic (exact) mass is 393 g/mol. The topological polar surface area (TPSA) is 137 Å². The maximum absolute atomic E-state index is 11.8. The van der Waals surface area contributed by atoms with Crippen LogP contribution in [-0.4, -0.2) is 42.1 Å². The SMILES string of the molecule is CC(=O)OCC(C)C1NC(=O)C1CCNC(=O)OCc1ccccc1[N+](=O)[O-]. The number of benzene rings is 1. The van der Waals surface area contributed by atoms with E-state index in [0.29, 0.717) is 12.0 Å². The van der Waals surface area contributed by atoms with Crippen LogP contribution in [0.2, 0.25) is 0 Å². The van der Waals surface area contributed by atoms with Crippen molar-refractivity contribution in [2.24, 2.45) is 11.8 Å². The molecule has 1 aromatic rings. The third-order valence-electron chi connectivity index (χ3n) is 4.51. The molecule has 28 heavy (non-hydrogen) atoms. The molecule has 1 fully saturated rings. The van der Waals surface area contributed by atoms with Gasteiger partial charge in [0.15, 0.2) is 0 Å². The lowest BCUT2D eigenvalue weighted by Gasteiger charge is -2.40. The van der Waals surface area contributed by atoms with Crippen LogP contribution in [0.4, 0.5) is 10.5 Å². The number of carbonyl (C=O) groups excluding carboxylic acids is 3. The Balaban J connectivity index is 1.73. The average Bonchev–Trinajstić information content (AvgIpc) is 2.65. The molecule has 2 N–H and O–H groups in total. The number of para-hydroxylation sites is 1. The highest BCUT2D eigenvalue weighted by Crippen LogP contribution is 2.25. The summed E-state index contributed by atoms with van der Waals surface area (Å²) in [6.45, 7) is 3.39. The lowest BCUT2D eigenvalue weighted by atomic mass is 9.80. The van der Waals surface area contributed by atoms with E-state index in [0.717, 1.165) is 0 Å². The maximum Gasteiger partial charge on any atom is 0.407 e. The van der Waals surface area contributed by atoms with Crippen LogP contribution in [0.3, 0.4) is 0 Å². The number of rotatable bonds is 9. The predicted octanol–water partition coefficient (Wildman–Crippen LogP) is 1.52. The van der Waals surface area contributed by atoms with E-state index in [1.165, 1.54) is 25.1 Å². The van der Waals surface area contributed by atoms with Gasteiger partial charge in [-0.05, 0) is 12.5 Å². The Hall–Kier alpha value is -3.17. The first-order chi connectivity index (χ1) is 13.3. The summed E-state index contributed by atoms with van der Waals surface area (Å²) in [6.07, 6.45) is -0.316. The maximum atomic E-state index is 11.8. The van der Waals surface area contributed by atoms with Crippen molar-refractivity contribution in [3.63, 3.8) is 0 Å². The summed E-state index contributed by atoms with van der Waals surface area (Å²) in [5.41, 5.74) is 0.173. The molecule has 10 heteroatoms. The Morgan fingerprint density at radius 3 is 2.68 bits per heavy atom. The molecule has 2 amide bonds. The number of amides is 2. The molecular weight excluding hydrogens is 370 g/mol. The van der Waals surface area contributed by atoms with Crippen molar-refractivity contribution in [2.45, 2.75) is 32.9 Å². The van der Waals surface area contributed by atoms with Gasteiger partial charge in [0.05, 0.1) is 23.0 Å². The highest BCUT2D eigenvalue weighted by Gasteiger charge is 2.42. The summed E-state index contributed by atoms with van der Waals surface area (Å²) in [5, 5.41) is 16.3. The Kier molecular flexibility index (Phi) is 7.30. The molecule has 1 aliphatic heterocycles. The molecule has 3 unspecified atom stereocenters. The molecule has 2 rings (SSSR count). The van der Waals surface area contributed by atoms with E-state index in [9.17, 15) is 24.5 Å². The first kappa shape index (κ1) is 21.1. The van der Waals surface area contributed by atoms with E-state index in [4.69, 9.17) is 9.47 Å². The van der Waals surface area contributed by atoms with E-state index in [-0.39, 0.29) is 55.2 Å². The molecule has 3 atom stereocenters. The van der Waals surface area contributed by atoms with Crippen LogP contribution in [0, 0.1) is 22.0 Å². The van der Waals surface area contributed by atoms with Crippen molar-refractivity contribution in [3.05, 3.63) is 39.9 Å². The van der Waals surface area contributed by atoms with Crippen molar-refractivity contribution in [2.75, 3.05) is 13.2 Å². The quantitative estimate of drug-likeness (QED) is 0.281. The number of nitro groups is 1. The number of nitrogens with one attached hydrogen (secondary N) is 2. The summed E-state index contributed by atoms with van der Waals surface area (Å²) in [6, 6.07) is 5.87. The predicted molar refractivity (Wildman–Crippen MR) is 97.1 cm³/mol. The van der Waals surface area contributed by atoms with E-state index < -0.39 is 11.0 Å². The minimum absolute atomic E-state index is 0.0443. The van der Waals surface area contributed by atoms with Crippen molar-refractivity contribution in [3.8, 4) is 0 Å². The standard InChI is InChI=1S/C18H23N3O7/c1-11(9-27-12(2)22)16-14(17(23)20-16)7-8-19-18(24)28-10-13-5-3-4-6-15(13)21(25)26/h3-6,11,14,16H,7-10H2,1-2H3,(H,19,24)(H,20,23). The molecule has 1 heterocycles. The number of hydrogen-bond donors (Lipinski definition) is 2. The van der Waals surface area contributed by atoms with Gasteiger partial charge in [-0.25, -0.2) is 4.79 Å². The molecule has 0 saturated carbocycles. The molecule has 1 aliphatic rings. The molecule has 0 spiro atoms. The third-order valence-corrected chi connectivity index (χ3v) is 4.51. The second-order valence-electron chi connectivity index (χ2n) is 6.60. The van der Waals surface area contributed by atoms with Gasteiger partial charge in [-0.1, -0.05) is 19.1 Å². The average molecular weight is 393 g/mol. The zero-order valence-corrected chi connectivity index (χ0v) is 15.7. The molecule has 1 aromatic carbocycles. The van der Waals surface area contributed by atoms with Crippen molar-refractivity contribution < 1.29 is 28.8 Å². The summed E-state index contributed by atoms with van der Waals surface area (Å²) in [4.78, 5) is 44.8. The fourth-order valence-electron chi connectivity index (χ4n) is 2.98. The van der Waals surface area contributed by atoms with Crippen LogP contribution in [0.5, 0.6) is 0 Å². The molecule has 0 bridgehead atoms. The molecule has 10 nitrogen and oxygen atoms in total. The highest BCUT2D eigenvalue weighted by atomic mass is 16.6. The number of alkyl carbamates (subject to hydrolysis) is 1. The van der Waals surface area contributed by atoms with Gasteiger partial charge >= 0.3 is 12.1 Å². The summed E-state index contributed by atoms with van der Waals surface area (Å²) < 4.78 is 9.97. The number of nitro benzene ring substituents is 1. The van der Waals surface area contributed by atoms with Gasteiger partial charge in [-0.3, -0.25) is 19.7 Å². The second-order valence-corrected chi connectivity index (χ2v) is 6.60. The summed E-state index contributed by atoms with van der Waals surface area (Å²) in [5.74, 6) is -0.829. The lowest BCUT2D eigenvalue weighted by Crippen LogP contribution is -2.62. The largest absolute Gasteiger partial charge is 0.466 e. The summed E-state index contributed by atoms with van der Waals surface area (Å²) in [7, 11) is 0. The Morgan fingerprint density at radius 2 is 2.04 bits per heavy atom. The van der Waals surface area contributed by atoms with Crippen molar-refractivity contribution >= 4 is 23.7 Å². The van der Waals surface area contributed by atoms with Gasteiger partial charge in [-0.15, -0.1) is 0 Å². The van der Waals surface area contributed by atoms with Crippen LogP contribution >= 0.6 is 0 Å². The van der Waals surface area contributed by atoms with Crippen LogP contribution < -0.4 is 10.6 Å². The lowest BCUT2D eigenvalue weighted by molar-refractivity contribution is -0.385. The Bertz CT molecular complexity index is 752. The summed E-state index contributed by atoms with van der Waals surface area (Å²) >= 11 is 0. The second kappa shape index (κ2) is 9.67. The highest BCUT2D eigenvalue weighted by molar-refractivity contribution is 5.86. The smallest absolute Gasteiger partial charge is 0.407 e. The van der Waals surface area contributed by atoms with Crippen LogP contribution in [-0.2, 0) is 25.7 Å². The molecule has 1 saturated heterocycles. The van der Waals surface area contributed by atoms with Crippen LogP contribution in [0.25, 0.3) is 0 Å². The number of nitrogens with zero attached hydrogens (tertiary/aromatic N) is 1. The van der Waals surface area contributed by atoms with Gasteiger partial charge < -0.3 is 20.1 Å². The van der Waals surface area contributed by atoms with E-state index >= 15 is 0 Å². The normalized spacial score (nSPS) is 19.0. The van der Waals surface area contributed by atoms with Crippen LogP contribution in [0.15, 0.2) is 24.3 Å². The van der Waals surface area contributed by atoms with Crippen molar-refractivity contribution in [1.82, 2.24) is 10.6 Å². The zero-order chi connectivity index (χ0) is 20.7. The number of esters is 1. The van der Waals surface area contributed by atoms with Gasteiger partial charge in [-0.2, -0.15) is 0 Å². The molecule has 0 aromatic heterocycles. The Morgan fingerprint density at radius 1 is 1.32 bits per heavy atom. The number of β-lactam (4-membered cyclic amide) rings is 1.